The van der Waals surface area contributed by atoms with E-state index in [1.165, 1.54) is 6.07 Å². The van der Waals surface area contributed by atoms with E-state index in [2.05, 4.69) is 0 Å². The number of nitrogens with one attached hydrogen (secondary N) is 1. The summed E-state index contributed by atoms with van der Waals surface area (Å²) in [6, 6.07) is 9.81. The molecular formula is C13H9Cl3N2O. The average Bonchev–Trinajstić information content (AvgIpc) is 2.36. The Labute approximate surface area is 125 Å². The summed E-state index contributed by atoms with van der Waals surface area (Å²) in [6.45, 7) is 0. The fraction of sp³-hybridized carbons (Fsp3) is 0. The van der Waals surface area contributed by atoms with Gasteiger partial charge in [-0.3, -0.25) is 5.41 Å². The lowest BCUT2D eigenvalue weighted by molar-refractivity contribution is 0.483. The third kappa shape index (κ3) is 3.32. The first-order valence-corrected chi connectivity index (χ1v) is 6.37. The maximum absolute atomic E-state index is 7.30. The highest BCUT2D eigenvalue weighted by Crippen LogP contribution is 2.36. The highest BCUT2D eigenvalue weighted by molar-refractivity contribution is 6.43. The van der Waals surface area contributed by atoms with Crippen LogP contribution in [0, 0.1) is 5.41 Å². The van der Waals surface area contributed by atoms with Crippen LogP contribution in [0.3, 0.4) is 0 Å². The maximum atomic E-state index is 7.30. The highest BCUT2D eigenvalue weighted by Gasteiger charge is 2.08. The molecule has 0 aliphatic rings. The first kappa shape index (κ1) is 14.0. The number of amidine groups is 1. The van der Waals surface area contributed by atoms with Gasteiger partial charge in [-0.2, -0.15) is 0 Å². The molecule has 6 heteroatoms. The molecule has 0 spiro atoms. The van der Waals surface area contributed by atoms with Crippen molar-refractivity contribution in [3.8, 4) is 11.5 Å². The Kier molecular flexibility index (Phi) is 4.20. The number of ether oxygens (including phenoxy) is 1. The molecule has 0 heterocycles. The first-order chi connectivity index (χ1) is 8.97. The summed E-state index contributed by atoms with van der Waals surface area (Å²) in [4.78, 5) is 0. The molecule has 2 rings (SSSR count). The van der Waals surface area contributed by atoms with Gasteiger partial charge in [0.2, 0.25) is 0 Å². The van der Waals surface area contributed by atoms with E-state index in [0.29, 0.717) is 32.1 Å². The van der Waals surface area contributed by atoms with Gasteiger partial charge in [0, 0.05) is 11.6 Å². The smallest absolute Gasteiger partial charge is 0.147 e. The Balaban J connectivity index is 2.26. The van der Waals surface area contributed by atoms with Gasteiger partial charge in [0.1, 0.15) is 17.3 Å². The van der Waals surface area contributed by atoms with Crippen LogP contribution in [0.2, 0.25) is 15.1 Å². The Morgan fingerprint density at radius 2 is 1.53 bits per heavy atom. The summed E-state index contributed by atoms with van der Waals surface area (Å²) in [6.07, 6.45) is 0. The van der Waals surface area contributed by atoms with Gasteiger partial charge in [0.05, 0.1) is 15.1 Å². The van der Waals surface area contributed by atoms with E-state index in [0.717, 1.165) is 0 Å². The molecule has 2 aromatic carbocycles. The van der Waals surface area contributed by atoms with Gasteiger partial charge in [-0.25, -0.2) is 0 Å². The molecule has 0 bridgehead atoms. The second-order valence-corrected chi connectivity index (χ2v) is 4.96. The van der Waals surface area contributed by atoms with Crippen molar-refractivity contribution in [1.29, 1.82) is 5.41 Å². The predicted octanol–water partition coefficient (Wildman–Crippen LogP) is 4.72. The van der Waals surface area contributed by atoms with Gasteiger partial charge in [-0.15, -0.1) is 0 Å². The summed E-state index contributed by atoms with van der Waals surface area (Å²) in [7, 11) is 0. The van der Waals surface area contributed by atoms with Crippen molar-refractivity contribution >= 4 is 40.6 Å². The van der Waals surface area contributed by atoms with Crippen molar-refractivity contribution in [1.82, 2.24) is 0 Å². The van der Waals surface area contributed by atoms with Crippen LogP contribution in [0.25, 0.3) is 0 Å². The van der Waals surface area contributed by atoms with Gasteiger partial charge < -0.3 is 10.5 Å². The highest BCUT2D eigenvalue weighted by atomic mass is 35.5. The van der Waals surface area contributed by atoms with Crippen molar-refractivity contribution < 1.29 is 4.74 Å². The molecule has 0 amide bonds. The number of halogens is 3. The Morgan fingerprint density at radius 1 is 0.947 bits per heavy atom. The second-order valence-electron chi connectivity index (χ2n) is 3.74. The quantitative estimate of drug-likeness (QED) is 0.489. The van der Waals surface area contributed by atoms with E-state index in [1.807, 2.05) is 0 Å². The van der Waals surface area contributed by atoms with Crippen LogP contribution in [-0.4, -0.2) is 5.84 Å². The van der Waals surface area contributed by atoms with E-state index < -0.39 is 0 Å². The minimum Gasteiger partial charge on any atom is -0.456 e. The molecule has 0 aliphatic heterocycles. The molecule has 0 saturated heterocycles. The van der Waals surface area contributed by atoms with E-state index in [9.17, 15) is 0 Å². The molecule has 3 nitrogen and oxygen atoms in total. The first-order valence-electron chi connectivity index (χ1n) is 5.24. The number of benzene rings is 2. The number of rotatable bonds is 3. The van der Waals surface area contributed by atoms with E-state index in [4.69, 9.17) is 50.7 Å². The summed E-state index contributed by atoms with van der Waals surface area (Å²) in [5.41, 5.74) is 5.98. The zero-order valence-corrected chi connectivity index (χ0v) is 11.9. The molecule has 0 aliphatic carbocycles. The third-order valence-electron chi connectivity index (χ3n) is 2.37. The number of hydrogen-bond acceptors (Lipinski definition) is 2. The zero-order chi connectivity index (χ0) is 14.0. The van der Waals surface area contributed by atoms with Gasteiger partial charge in [-0.1, -0.05) is 34.8 Å². The topological polar surface area (TPSA) is 59.1 Å². The Morgan fingerprint density at radius 3 is 2.11 bits per heavy atom. The van der Waals surface area contributed by atoms with Crippen LogP contribution in [0.1, 0.15) is 5.56 Å². The molecule has 0 radical (unpaired) electrons. The van der Waals surface area contributed by atoms with Gasteiger partial charge in [-0.05, 0) is 30.3 Å². The summed E-state index contributed by atoms with van der Waals surface area (Å²) in [5, 5.41) is 8.39. The monoisotopic (exact) mass is 314 g/mol. The predicted molar refractivity (Wildman–Crippen MR) is 79.0 cm³/mol. The van der Waals surface area contributed by atoms with E-state index in [-0.39, 0.29) is 5.84 Å². The van der Waals surface area contributed by atoms with Crippen molar-refractivity contribution in [3.63, 3.8) is 0 Å². The lowest BCUT2D eigenvalue weighted by Crippen LogP contribution is -2.10. The minimum absolute atomic E-state index is 0.000815. The fourth-order valence-electron chi connectivity index (χ4n) is 1.41. The average molecular weight is 316 g/mol. The Bertz CT molecular complexity index is 627. The van der Waals surface area contributed by atoms with Gasteiger partial charge in [0.25, 0.3) is 0 Å². The van der Waals surface area contributed by atoms with Crippen LogP contribution >= 0.6 is 34.8 Å². The normalized spacial score (nSPS) is 10.3. The van der Waals surface area contributed by atoms with Gasteiger partial charge in [0.15, 0.2) is 0 Å². The molecule has 0 aromatic heterocycles. The second kappa shape index (κ2) is 5.70. The number of nitrogen functional groups attached to an aromatic ring is 1. The van der Waals surface area contributed by atoms with Crippen LogP contribution < -0.4 is 10.5 Å². The lowest BCUT2D eigenvalue weighted by Gasteiger charge is -2.09. The molecular weight excluding hydrogens is 307 g/mol. The van der Waals surface area contributed by atoms with E-state index >= 15 is 0 Å². The molecule has 3 N–H and O–H groups in total. The van der Waals surface area contributed by atoms with Crippen LogP contribution in [0.5, 0.6) is 11.5 Å². The van der Waals surface area contributed by atoms with Crippen LogP contribution in [0.15, 0.2) is 36.4 Å². The van der Waals surface area contributed by atoms with E-state index in [1.54, 1.807) is 30.3 Å². The largest absolute Gasteiger partial charge is 0.456 e. The summed E-state index contributed by atoms with van der Waals surface area (Å²) in [5.74, 6) is 0.969. The molecule has 2 aromatic rings. The summed E-state index contributed by atoms with van der Waals surface area (Å²) >= 11 is 17.7. The third-order valence-corrected chi connectivity index (χ3v) is 3.39. The molecule has 0 saturated carbocycles. The minimum atomic E-state index is -0.000815. The number of nitrogens with two attached hydrogens (primary N) is 1. The fourth-order valence-corrected chi connectivity index (χ4v) is 1.99. The van der Waals surface area contributed by atoms with Crippen molar-refractivity contribution in [2.24, 2.45) is 5.73 Å². The van der Waals surface area contributed by atoms with Crippen molar-refractivity contribution in [2.75, 3.05) is 0 Å². The molecule has 98 valence electrons. The van der Waals surface area contributed by atoms with Crippen molar-refractivity contribution in [2.45, 2.75) is 0 Å². The zero-order valence-electron chi connectivity index (χ0n) is 9.58. The lowest BCUT2D eigenvalue weighted by atomic mass is 10.2. The molecule has 19 heavy (non-hydrogen) atoms. The summed E-state index contributed by atoms with van der Waals surface area (Å²) < 4.78 is 5.59. The number of hydrogen-bond donors (Lipinski definition) is 2. The molecule has 0 unspecified atom stereocenters. The van der Waals surface area contributed by atoms with Gasteiger partial charge >= 0.3 is 0 Å². The standard InChI is InChI=1S/C13H9Cl3N2O/c14-9-5-11(16)12(6-10(9)15)19-8-3-1-7(2-4-8)13(17)18/h1-6H,(H3,17,18). The SMILES string of the molecule is N=C(N)c1ccc(Oc2cc(Cl)c(Cl)cc2Cl)cc1. The maximum Gasteiger partial charge on any atom is 0.147 e. The molecule has 0 fully saturated rings. The van der Waals surface area contributed by atoms with Crippen LogP contribution in [0.4, 0.5) is 0 Å². The van der Waals surface area contributed by atoms with Crippen molar-refractivity contribution in [3.05, 3.63) is 57.0 Å². The Hall–Kier alpha value is -1.42. The van der Waals surface area contributed by atoms with Crippen LogP contribution in [-0.2, 0) is 0 Å². The molecule has 0 atom stereocenters.